The Balaban J connectivity index is 2.04. The van der Waals surface area contributed by atoms with Gasteiger partial charge in [0.25, 0.3) is 5.91 Å². The van der Waals surface area contributed by atoms with Crippen LogP contribution in [0.25, 0.3) is 0 Å². The van der Waals surface area contributed by atoms with Crippen molar-refractivity contribution < 1.29 is 4.79 Å². The first-order valence-electron chi connectivity index (χ1n) is 5.31. The number of thiazole rings is 1. The van der Waals surface area contributed by atoms with E-state index in [1.807, 2.05) is 6.92 Å². The van der Waals surface area contributed by atoms with Crippen LogP contribution in [0, 0.1) is 0 Å². The van der Waals surface area contributed by atoms with Crippen LogP contribution in [0.1, 0.15) is 17.3 Å². The molecular formula is C11H11BrN4OS. The van der Waals surface area contributed by atoms with Gasteiger partial charge in [0.1, 0.15) is 5.82 Å². The molecule has 2 heterocycles. The number of rotatable bonds is 4. The molecule has 2 aromatic rings. The summed E-state index contributed by atoms with van der Waals surface area (Å²) in [7, 11) is 0. The molecule has 2 aromatic heterocycles. The van der Waals surface area contributed by atoms with E-state index in [1.54, 1.807) is 18.3 Å². The molecule has 94 valence electrons. The zero-order valence-corrected chi connectivity index (χ0v) is 12.0. The molecule has 0 spiro atoms. The van der Waals surface area contributed by atoms with Gasteiger partial charge < -0.3 is 5.32 Å². The van der Waals surface area contributed by atoms with Gasteiger partial charge in [-0.25, -0.2) is 9.97 Å². The second-order valence-electron chi connectivity index (χ2n) is 3.39. The SMILES string of the molecule is CCNc1ccc(C(=O)Nc2ncc(Br)s2)cn1. The maximum Gasteiger partial charge on any atom is 0.259 e. The lowest BCUT2D eigenvalue weighted by atomic mass is 10.2. The molecule has 0 aliphatic heterocycles. The molecule has 0 aromatic carbocycles. The fraction of sp³-hybridized carbons (Fsp3) is 0.182. The molecule has 0 unspecified atom stereocenters. The highest BCUT2D eigenvalue weighted by Gasteiger charge is 2.08. The third-order valence-corrected chi connectivity index (χ3v) is 3.47. The second kappa shape index (κ2) is 5.92. The van der Waals surface area contributed by atoms with Gasteiger partial charge in [-0.05, 0) is 35.0 Å². The number of hydrogen-bond donors (Lipinski definition) is 2. The predicted molar refractivity (Wildman–Crippen MR) is 76.2 cm³/mol. The third kappa shape index (κ3) is 3.27. The van der Waals surface area contributed by atoms with Crippen LogP contribution in [-0.2, 0) is 0 Å². The van der Waals surface area contributed by atoms with Crippen molar-refractivity contribution in [3.8, 4) is 0 Å². The van der Waals surface area contributed by atoms with Crippen molar-refractivity contribution in [2.75, 3.05) is 17.2 Å². The van der Waals surface area contributed by atoms with E-state index in [2.05, 4.69) is 36.5 Å². The van der Waals surface area contributed by atoms with Gasteiger partial charge >= 0.3 is 0 Å². The maximum atomic E-state index is 11.9. The average Bonchev–Trinajstić information content (AvgIpc) is 2.76. The first-order chi connectivity index (χ1) is 8.69. The molecule has 1 amide bonds. The van der Waals surface area contributed by atoms with Crippen molar-refractivity contribution in [2.45, 2.75) is 6.92 Å². The van der Waals surface area contributed by atoms with Crippen LogP contribution in [-0.4, -0.2) is 22.4 Å². The quantitative estimate of drug-likeness (QED) is 0.906. The normalized spacial score (nSPS) is 10.1. The molecule has 0 radical (unpaired) electrons. The smallest absolute Gasteiger partial charge is 0.259 e. The standard InChI is InChI=1S/C11H11BrN4OS/c1-2-13-9-4-3-7(5-14-9)10(17)16-11-15-6-8(12)18-11/h3-6H,2H2,1H3,(H,13,14)(H,15,16,17). The number of nitrogens with zero attached hydrogens (tertiary/aromatic N) is 2. The van der Waals surface area contributed by atoms with Gasteiger partial charge in [0.2, 0.25) is 0 Å². The van der Waals surface area contributed by atoms with E-state index in [9.17, 15) is 4.79 Å². The number of halogens is 1. The molecule has 0 atom stereocenters. The van der Waals surface area contributed by atoms with Crippen LogP contribution in [0.2, 0.25) is 0 Å². The van der Waals surface area contributed by atoms with Crippen molar-refractivity contribution in [1.29, 1.82) is 0 Å². The zero-order valence-electron chi connectivity index (χ0n) is 9.61. The highest BCUT2D eigenvalue weighted by molar-refractivity contribution is 9.11. The van der Waals surface area contributed by atoms with Crippen LogP contribution in [0.5, 0.6) is 0 Å². The van der Waals surface area contributed by atoms with E-state index in [1.165, 1.54) is 17.5 Å². The lowest BCUT2D eigenvalue weighted by molar-refractivity contribution is 0.102. The molecular weight excluding hydrogens is 316 g/mol. The fourth-order valence-electron chi connectivity index (χ4n) is 1.30. The fourth-order valence-corrected chi connectivity index (χ4v) is 2.40. The minimum Gasteiger partial charge on any atom is -0.370 e. The van der Waals surface area contributed by atoms with Crippen molar-refractivity contribution in [3.63, 3.8) is 0 Å². The summed E-state index contributed by atoms with van der Waals surface area (Å²) in [5, 5.41) is 6.33. The number of pyridine rings is 1. The molecule has 7 heteroatoms. The molecule has 0 saturated carbocycles. The van der Waals surface area contributed by atoms with E-state index in [-0.39, 0.29) is 5.91 Å². The summed E-state index contributed by atoms with van der Waals surface area (Å²) in [6, 6.07) is 3.50. The summed E-state index contributed by atoms with van der Waals surface area (Å²) in [4.78, 5) is 20.0. The van der Waals surface area contributed by atoms with Crippen LogP contribution < -0.4 is 10.6 Å². The molecule has 0 saturated heterocycles. The van der Waals surface area contributed by atoms with Crippen LogP contribution >= 0.6 is 27.3 Å². The zero-order chi connectivity index (χ0) is 13.0. The lowest BCUT2D eigenvalue weighted by Gasteiger charge is -2.04. The third-order valence-electron chi connectivity index (χ3n) is 2.08. The first kappa shape index (κ1) is 13.0. The summed E-state index contributed by atoms with van der Waals surface area (Å²) < 4.78 is 0.874. The van der Waals surface area contributed by atoms with Crippen LogP contribution in [0.4, 0.5) is 10.9 Å². The minimum absolute atomic E-state index is 0.215. The van der Waals surface area contributed by atoms with Gasteiger partial charge in [0.05, 0.1) is 15.5 Å². The van der Waals surface area contributed by atoms with E-state index < -0.39 is 0 Å². The number of hydrogen-bond acceptors (Lipinski definition) is 5. The van der Waals surface area contributed by atoms with Gasteiger partial charge in [0.15, 0.2) is 5.13 Å². The van der Waals surface area contributed by atoms with E-state index in [0.29, 0.717) is 10.7 Å². The highest BCUT2D eigenvalue weighted by atomic mass is 79.9. The maximum absolute atomic E-state index is 11.9. The highest BCUT2D eigenvalue weighted by Crippen LogP contribution is 2.23. The van der Waals surface area contributed by atoms with E-state index >= 15 is 0 Å². The van der Waals surface area contributed by atoms with Crippen LogP contribution in [0.15, 0.2) is 28.3 Å². The molecule has 18 heavy (non-hydrogen) atoms. The number of carbonyl (C=O) groups is 1. The molecule has 0 fully saturated rings. The summed E-state index contributed by atoms with van der Waals surface area (Å²) in [6.07, 6.45) is 3.18. The largest absolute Gasteiger partial charge is 0.370 e. The van der Waals surface area contributed by atoms with Gasteiger partial charge in [-0.1, -0.05) is 11.3 Å². The summed E-state index contributed by atoms with van der Waals surface area (Å²) in [6.45, 7) is 2.79. The lowest BCUT2D eigenvalue weighted by Crippen LogP contribution is -2.12. The Morgan fingerprint density at radius 2 is 2.22 bits per heavy atom. The predicted octanol–water partition coefficient (Wildman–Crippen LogP) is 2.98. The minimum atomic E-state index is -0.215. The van der Waals surface area contributed by atoms with E-state index in [4.69, 9.17) is 0 Å². The summed E-state index contributed by atoms with van der Waals surface area (Å²) in [5.41, 5.74) is 0.503. The van der Waals surface area contributed by atoms with Crippen LogP contribution in [0.3, 0.4) is 0 Å². The Bertz CT molecular complexity index is 540. The van der Waals surface area contributed by atoms with Gasteiger partial charge in [-0.15, -0.1) is 0 Å². The number of nitrogens with one attached hydrogen (secondary N) is 2. The van der Waals surface area contributed by atoms with Gasteiger partial charge in [0, 0.05) is 12.7 Å². The summed E-state index contributed by atoms with van der Waals surface area (Å²) in [5.74, 6) is 0.540. The molecule has 5 nitrogen and oxygen atoms in total. The summed E-state index contributed by atoms with van der Waals surface area (Å²) >= 11 is 4.65. The molecule has 0 aliphatic rings. The Kier molecular flexibility index (Phi) is 4.27. The van der Waals surface area contributed by atoms with Crippen molar-refractivity contribution >= 4 is 44.1 Å². The topological polar surface area (TPSA) is 66.9 Å². The number of amides is 1. The van der Waals surface area contributed by atoms with E-state index in [0.717, 1.165) is 16.1 Å². The van der Waals surface area contributed by atoms with Crippen molar-refractivity contribution in [3.05, 3.63) is 33.9 Å². The number of carbonyl (C=O) groups excluding carboxylic acids is 1. The average molecular weight is 327 g/mol. The molecule has 2 rings (SSSR count). The second-order valence-corrected chi connectivity index (χ2v) is 5.80. The van der Waals surface area contributed by atoms with Gasteiger partial charge in [-0.2, -0.15) is 0 Å². The Hall–Kier alpha value is -1.47. The molecule has 0 aliphatic carbocycles. The monoisotopic (exact) mass is 326 g/mol. The molecule has 2 N–H and O–H groups in total. The number of aromatic nitrogens is 2. The van der Waals surface area contributed by atoms with Crippen molar-refractivity contribution in [2.24, 2.45) is 0 Å². The Labute approximate surface area is 117 Å². The van der Waals surface area contributed by atoms with Crippen molar-refractivity contribution in [1.82, 2.24) is 9.97 Å². The first-order valence-corrected chi connectivity index (χ1v) is 6.92. The number of anilines is 2. The molecule has 0 bridgehead atoms. The Morgan fingerprint density at radius 3 is 2.78 bits per heavy atom. The Morgan fingerprint density at radius 1 is 1.39 bits per heavy atom. The van der Waals surface area contributed by atoms with Gasteiger partial charge in [-0.3, -0.25) is 10.1 Å².